The van der Waals surface area contributed by atoms with Gasteiger partial charge in [-0.3, -0.25) is 4.98 Å². The molecule has 0 N–H and O–H groups in total. The number of anilines is 1. The Morgan fingerprint density at radius 3 is 2.70 bits per heavy atom. The number of nitrogens with zero attached hydrogens (tertiary/aromatic N) is 3. The van der Waals surface area contributed by atoms with E-state index in [-0.39, 0.29) is 0 Å². The van der Waals surface area contributed by atoms with Crippen LogP contribution in [0.4, 0.5) is 5.69 Å². The summed E-state index contributed by atoms with van der Waals surface area (Å²) in [5.41, 5.74) is 4.98. The average molecular weight is 267 g/mol. The second-order valence-corrected chi connectivity index (χ2v) is 5.21. The molecule has 4 heteroatoms. The topological polar surface area (TPSA) is 49.2 Å². The Balaban J connectivity index is 2.28. The second-order valence-electron chi connectivity index (χ2n) is 5.21. The summed E-state index contributed by atoms with van der Waals surface area (Å²) in [6.07, 6.45) is 1.69. The molecule has 1 aliphatic rings. The number of fused-ring (bicyclic) bond motifs is 1. The van der Waals surface area contributed by atoms with Gasteiger partial charge in [0.15, 0.2) is 0 Å². The van der Waals surface area contributed by atoms with E-state index in [1.165, 1.54) is 5.56 Å². The third kappa shape index (κ3) is 2.10. The summed E-state index contributed by atoms with van der Waals surface area (Å²) in [4.78, 5) is 6.71. The van der Waals surface area contributed by atoms with Crippen LogP contribution >= 0.6 is 0 Å². The summed E-state index contributed by atoms with van der Waals surface area (Å²) in [6, 6.07) is 6.53. The van der Waals surface area contributed by atoms with Crippen molar-refractivity contribution >= 4 is 16.6 Å². The molecule has 20 heavy (non-hydrogen) atoms. The highest BCUT2D eigenvalue weighted by Gasteiger charge is 2.19. The molecule has 1 aromatic carbocycles. The van der Waals surface area contributed by atoms with Gasteiger partial charge in [-0.15, -0.1) is 0 Å². The normalized spacial score (nSPS) is 15.3. The molecule has 0 bridgehead atoms. The molecule has 1 fully saturated rings. The maximum atomic E-state index is 9.40. The number of pyridine rings is 1. The molecule has 1 saturated heterocycles. The van der Waals surface area contributed by atoms with E-state index >= 15 is 0 Å². The Labute approximate surface area is 118 Å². The zero-order chi connectivity index (χ0) is 14.1. The van der Waals surface area contributed by atoms with Crippen molar-refractivity contribution in [1.29, 1.82) is 5.26 Å². The molecule has 0 unspecified atom stereocenters. The van der Waals surface area contributed by atoms with Crippen molar-refractivity contribution in [3.63, 3.8) is 0 Å². The number of nitriles is 1. The summed E-state index contributed by atoms with van der Waals surface area (Å²) >= 11 is 0. The Hall–Kier alpha value is -2.12. The third-order valence-electron chi connectivity index (χ3n) is 3.73. The molecule has 2 aromatic rings. The molecule has 1 aliphatic heterocycles. The van der Waals surface area contributed by atoms with Gasteiger partial charge in [-0.2, -0.15) is 5.26 Å². The van der Waals surface area contributed by atoms with Gasteiger partial charge in [0, 0.05) is 24.7 Å². The van der Waals surface area contributed by atoms with Crippen molar-refractivity contribution in [1.82, 2.24) is 4.98 Å². The van der Waals surface area contributed by atoms with Gasteiger partial charge in [0.25, 0.3) is 0 Å². The number of aryl methyl sites for hydroxylation is 2. The fraction of sp³-hybridized carbons (Fsp3) is 0.375. The quantitative estimate of drug-likeness (QED) is 0.796. The molecular formula is C16H17N3O. The number of benzene rings is 1. The van der Waals surface area contributed by atoms with Gasteiger partial charge in [0.1, 0.15) is 6.07 Å². The summed E-state index contributed by atoms with van der Waals surface area (Å²) < 4.78 is 5.41. The molecule has 0 radical (unpaired) electrons. The summed E-state index contributed by atoms with van der Waals surface area (Å²) in [7, 11) is 0. The lowest BCUT2D eigenvalue weighted by Crippen LogP contribution is -2.36. The zero-order valence-electron chi connectivity index (χ0n) is 11.8. The third-order valence-corrected chi connectivity index (χ3v) is 3.73. The monoisotopic (exact) mass is 267 g/mol. The molecule has 0 atom stereocenters. The van der Waals surface area contributed by atoms with Gasteiger partial charge in [0.05, 0.1) is 30.0 Å². The van der Waals surface area contributed by atoms with E-state index in [4.69, 9.17) is 4.74 Å². The van der Waals surface area contributed by atoms with Gasteiger partial charge in [-0.25, -0.2) is 0 Å². The van der Waals surface area contributed by atoms with Crippen LogP contribution in [0, 0.1) is 25.2 Å². The van der Waals surface area contributed by atoms with E-state index in [2.05, 4.69) is 41.9 Å². The molecule has 3 rings (SSSR count). The van der Waals surface area contributed by atoms with Gasteiger partial charge >= 0.3 is 0 Å². The van der Waals surface area contributed by atoms with Gasteiger partial charge in [-0.05, 0) is 25.5 Å². The molecule has 0 spiro atoms. The molecule has 0 amide bonds. The number of aromatic nitrogens is 1. The zero-order valence-corrected chi connectivity index (χ0v) is 11.8. The molecule has 0 aliphatic carbocycles. The summed E-state index contributed by atoms with van der Waals surface area (Å²) in [6.45, 7) is 7.20. The van der Waals surface area contributed by atoms with E-state index < -0.39 is 0 Å². The fourth-order valence-electron chi connectivity index (χ4n) is 2.86. The van der Waals surface area contributed by atoms with Gasteiger partial charge in [0.2, 0.25) is 0 Å². The maximum Gasteiger partial charge on any atom is 0.103 e. The highest BCUT2D eigenvalue weighted by Crippen LogP contribution is 2.32. The number of hydrogen-bond donors (Lipinski definition) is 0. The van der Waals surface area contributed by atoms with E-state index in [9.17, 15) is 5.26 Å². The average Bonchev–Trinajstić information content (AvgIpc) is 2.46. The van der Waals surface area contributed by atoms with E-state index in [0.29, 0.717) is 18.8 Å². The van der Waals surface area contributed by atoms with Crippen LogP contribution in [0.5, 0.6) is 0 Å². The maximum absolute atomic E-state index is 9.40. The van der Waals surface area contributed by atoms with Crippen molar-refractivity contribution in [2.24, 2.45) is 0 Å². The van der Waals surface area contributed by atoms with Crippen LogP contribution in [0.15, 0.2) is 18.3 Å². The van der Waals surface area contributed by atoms with Crippen LogP contribution in [0.1, 0.15) is 16.7 Å². The fourth-order valence-corrected chi connectivity index (χ4v) is 2.86. The lowest BCUT2D eigenvalue weighted by Gasteiger charge is -2.30. The predicted molar refractivity (Wildman–Crippen MR) is 79.0 cm³/mol. The van der Waals surface area contributed by atoms with Crippen molar-refractivity contribution in [2.75, 3.05) is 31.2 Å². The Bertz CT molecular complexity index is 697. The largest absolute Gasteiger partial charge is 0.378 e. The first kappa shape index (κ1) is 12.9. The van der Waals surface area contributed by atoms with Crippen LogP contribution in [-0.2, 0) is 4.74 Å². The van der Waals surface area contributed by atoms with E-state index in [1.54, 1.807) is 6.20 Å². The Morgan fingerprint density at radius 2 is 2.00 bits per heavy atom. The summed E-state index contributed by atoms with van der Waals surface area (Å²) in [5, 5.41) is 10.5. The Morgan fingerprint density at radius 1 is 1.25 bits per heavy atom. The SMILES string of the molecule is Cc1cc(C)c2ncc(C#N)c(N3CCOCC3)c2c1. The molecule has 4 nitrogen and oxygen atoms in total. The van der Waals surface area contributed by atoms with Crippen LogP contribution in [0.25, 0.3) is 10.9 Å². The Kier molecular flexibility index (Phi) is 3.29. The first-order valence-electron chi connectivity index (χ1n) is 6.83. The molecule has 1 aromatic heterocycles. The predicted octanol–water partition coefficient (Wildman–Crippen LogP) is 2.56. The van der Waals surface area contributed by atoms with Crippen molar-refractivity contribution < 1.29 is 4.74 Å². The standard InChI is InChI=1S/C16H17N3O/c1-11-7-12(2)15-14(8-11)16(13(9-17)10-18-15)19-3-5-20-6-4-19/h7-8,10H,3-6H2,1-2H3. The number of ether oxygens (including phenoxy) is 1. The van der Waals surface area contributed by atoms with Crippen LogP contribution in [0.2, 0.25) is 0 Å². The molecular weight excluding hydrogens is 250 g/mol. The first-order valence-corrected chi connectivity index (χ1v) is 6.83. The van der Waals surface area contributed by atoms with Crippen LogP contribution in [-0.4, -0.2) is 31.3 Å². The smallest absolute Gasteiger partial charge is 0.103 e. The van der Waals surface area contributed by atoms with Crippen molar-refractivity contribution in [3.8, 4) is 6.07 Å². The lowest BCUT2D eigenvalue weighted by molar-refractivity contribution is 0.123. The minimum Gasteiger partial charge on any atom is -0.378 e. The van der Waals surface area contributed by atoms with Gasteiger partial charge in [-0.1, -0.05) is 11.6 Å². The summed E-state index contributed by atoms with van der Waals surface area (Å²) in [5.74, 6) is 0. The molecule has 0 saturated carbocycles. The van der Waals surface area contributed by atoms with Crippen molar-refractivity contribution in [2.45, 2.75) is 13.8 Å². The first-order chi connectivity index (χ1) is 9.70. The number of morpholine rings is 1. The van der Waals surface area contributed by atoms with E-state index in [1.807, 2.05) is 0 Å². The number of rotatable bonds is 1. The van der Waals surface area contributed by atoms with Crippen LogP contribution in [0.3, 0.4) is 0 Å². The minimum atomic E-state index is 0.643. The van der Waals surface area contributed by atoms with Crippen molar-refractivity contribution in [3.05, 3.63) is 35.0 Å². The number of hydrogen-bond acceptors (Lipinski definition) is 4. The van der Waals surface area contributed by atoms with Gasteiger partial charge < -0.3 is 9.64 Å². The minimum absolute atomic E-state index is 0.643. The van der Waals surface area contributed by atoms with Crippen LogP contribution < -0.4 is 4.90 Å². The highest BCUT2D eigenvalue weighted by atomic mass is 16.5. The second kappa shape index (κ2) is 5.10. The molecule has 102 valence electrons. The van der Waals surface area contributed by atoms with E-state index in [0.717, 1.165) is 35.2 Å². The highest BCUT2D eigenvalue weighted by molar-refractivity contribution is 5.96. The lowest BCUT2D eigenvalue weighted by atomic mass is 10.0. The molecule has 2 heterocycles.